The van der Waals surface area contributed by atoms with E-state index in [9.17, 15) is 9.59 Å². The molecule has 21 heavy (non-hydrogen) atoms. The fourth-order valence-electron chi connectivity index (χ4n) is 2.37. The molecule has 114 valence electrons. The van der Waals surface area contributed by atoms with E-state index in [1.807, 2.05) is 38.1 Å². The first-order valence-electron chi connectivity index (χ1n) is 7.20. The zero-order chi connectivity index (χ0) is 15.4. The van der Waals surface area contributed by atoms with Gasteiger partial charge in [-0.15, -0.1) is 0 Å². The molecule has 0 fully saturated rings. The van der Waals surface area contributed by atoms with Crippen LogP contribution in [0.2, 0.25) is 0 Å². The molecule has 2 aromatic rings. The van der Waals surface area contributed by atoms with Gasteiger partial charge in [0.1, 0.15) is 0 Å². The maximum atomic E-state index is 11.9. The van der Waals surface area contributed by atoms with Gasteiger partial charge < -0.3 is 16.0 Å². The molecule has 0 aliphatic rings. The first-order valence-corrected chi connectivity index (χ1v) is 7.20. The van der Waals surface area contributed by atoms with Crippen LogP contribution < -0.4 is 16.7 Å². The molecule has 0 spiro atoms. The highest BCUT2D eigenvalue weighted by Gasteiger charge is 2.14. The summed E-state index contributed by atoms with van der Waals surface area (Å²) < 4.78 is 1.61. The van der Waals surface area contributed by atoms with Crippen LogP contribution in [-0.2, 0) is 11.3 Å². The Morgan fingerprint density at radius 3 is 2.81 bits per heavy atom. The van der Waals surface area contributed by atoms with E-state index in [1.54, 1.807) is 4.57 Å². The van der Waals surface area contributed by atoms with E-state index in [-0.39, 0.29) is 11.6 Å². The van der Waals surface area contributed by atoms with Crippen molar-refractivity contribution in [3.05, 3.63) is 34.7 Å². The SMILES string of the molecule is CC(C)C[C@H](N)C(=O)NCCn1c(=O)[nH]c2ccccc21. The summed E-state index contributed by atoms with van der Waals surface area (Å²) in [5, 5.41) is 2.78. The van der Waals surface area contributed by atoms with Crippen LogP contribution >= 0.6 is 0 Å². The Labute approximate surface area is 123 Å². The van der Waals surface area contributed by atoms with Gasteiger partial charge in [-0.2, -0.15) is 0 Å². The number of benzene rings is 1. The third-order valence-corrected chi connectivity index (χ3v) is 3.38. The fraction of sp³-hybridized carbons (Fsp3) is 0.467. The molecule has 6 heteroatoms. The van der Waals surface area contributed by atoms with Crippen LogP contribution in [0.1, 0.15) is 20.3 Å². The van der Waals surface area contributed by atoms with Crippen molar-refractivity contribution >= 4 is 16.9 Å². The average Bonchev–Trinajstić information content (AvgIpc) is 2.74. The molecule has 1 heterocycles. The number of aromatic nitrogens is 2. The minimum absolute atomic E-state index is 0.170. The van der Waals surface area contributed by atoms with E-state index in [1.165, 1.54) is 0 Å². The van der Waals surface area contributed by atoms with Crippen molar-refractivity contribution < 1.29 is 4.79 Å². The molecule has 0 saturated heterocycles. The molecule has 0 saturated carbocycles. The van der Waals surface area contributed by atoms with Crippen molar-refractivity contribution in [1.82, 2.24) is 14.9 Å². The van der Waals surface area contributed by atoms with Crippen molar-refractivity contribution in [3.8, 4) is 0 Å². The molecule has 1 amide bonds. The summed E-state index contributed by atoms with van der Waals surface area (Å²) in [7, 11) is 0. The van der Waals surface area contributed by atoms with E-state index in [4.69, 9.17) is 5.73 Å². The van der Waals surface area contributed by atoms with Gasteiger partial charge in [0.2, 0.25) is 5.91 Å². The first kappa shape index (κ1) is 15.3. The normalized spacial score (nSPS) is 12.8. The number of nitrogens with one attached hydrogen (secondary N) is 2. The topological polar surface area (TPSA) is 92.9 Å². The fourth-order valence-corrected chi connectivity index (χ4v) is 2.37. The Hall–Kier alpha value is -2.08. The Morgan fingerprint density at radius 1 is 1.38 bits per heavy atom. The van der Waals surface area contributed by atoms with Crippen LogP contribution in [0.4, 0.5) is 0 Å². The first-order chi connectivity index (χ1) is 9.99. The molecule has 1 atom stereocenters. The third kappa shape index (κ3) is 3.72. The highest BCUT2D eigenvalue weighted by Crippen LogP contribution is 2.08. The lowest BCUT2D eigenvalue weighted by Gasteiger charge is -2.14. The summed E-state index contributed by atoms with van der Waals surface area (Å²) >= 11 is 0. The van der Waals surface area contributed by atoms with Crippen LogP contribution in [-0.4, -0.2) is 28.0 Å². The number of fused-ring (bicyclic) bond motifs is 1. The van der Waals surface area contributed by atoms with Crippen LogP contribution in [0.25, 0.3) is 11.0 Å². The zero-order valence-electron chi connectivity index (χ0n) is 12.4. The van der Waals surface area contributed by atoms with Crippen LogP contribution in [0, 0.1) is 5.92 Å². The van der Waals surface area contributed by atoms with E-state index in [0.29, 0.717) is 25.4 Å². The van der Waals surface area contributed by atoms with E-state index in [0.717, 1.165) is 11.0 Å². The van der Waals surface area contributed by atoms with Crippen molar-refractivity contribution in [2.24, 2.45) is 11.7 Å². The number of nitrogens with zero attached hydrogens (tertiary/aromatic N) is 1. The third-order valence-electron chi connectivity index (χ3n) is 3.38. The van der Waals surface area contributed by atoms with E-state index >= 15 is 0 Å². The molecular formula is C15H22N4O2. The van der Waals surface area contributed by atoms with Crippen LogP contribution in [0.5, 0.6) is 0 Å². The molecule has 6 nitrogen and oxygen atoms in total. The van der Waals surface area contributed by atoms with Gasteiger partial charge in [0, 0.05) is 13.1 Å². The lowest BCUT2D eigenvalue weighted by molar-refractivity contribution is -0.122. The summed E-state index contributed by atoms with van der Waals surface area (Å²) in [4.78, 5) is 26.5. The second-order valence-corrected chi connectivity index (χ2v) is 5.63. The predicted octanol–water partition coefficient (Wildman–Crippen LogP) is 0.819. The van der Waals surface area contributed by atoms with Gasteiger partial charge in [0.25, 0.3) is 0 Å². The van der Waals surface area contributed by atoms with Crippen molar-refractivity contribution in [1.29, 1.82) is 0 Å². The Kier molecular flexibility index (Phi) is 4.80. The lowest BCUT2D eigenvalue weighted by atomic mass is 10.0. The number of H-pyrrole nitrogens is 1. The molecule has 1 aromatic carbocycles. The Bertz CT molecular complexity index is 672. The predicted molar refractivity (Wildman–Crippen MR) is 83.0 cm³/mol. The maximum absolute atomic E-state index is 11.9. The highest BCUT2D eigenvalue weighted by atomic mass is 16.2. The van der Waals surface area contributed by atoms with Gasteiger partial charge in [-0.3, -0.25) is 9.36 Å². The molecule has 0 radical (unpaired) electrons. The van der Waals surface area contributed by atoms with Crippen molar-refractivity contribution in [2.45, 2.75) is 32.9 Å². The van der Waals surface area contributed by atoms with Gasteiger partial charge in [0.05, 0.1) is 17.1 Å². The van der Waals surface area contributed by atoms with E-state index < -0.39 is 6.04 Å². The molecule has 0 aliphatic carbocycles. The highest BCUT2D eigenvalue weighted by molar-refractivity contribution is 5.81. The maximum Gasteiger partial charge on any atom is 0.326 e. The molecule has 2 rings (SSSR count). The minimum atomic E-state index is -0.496. The lowest BCUT2D eigenvalue weighted by Crippen LogP contribution is -2.42. The summed E-state index contributed by atoms with van der Waals surface area (Å²) in [6, 6.07) is 6.98. The number of imidazole rings is 1. The Balaban J connectivity index is 1.95. The number of amides is 1. The molecule has 1 aromatic heterocycles. The van der Waals surface area contributed by atoms with Gasteiger partial charge >= 0.3 is 5.69 Å². The Morgan fingerprint density at radius 2 is 2.10 bits per heavy atom. The average molecular weight is 290 g/mol. The summed E-state index contributed by atoms with van der Waals surface area (Å²) in [6.45, 7) is 4.85. The smallest absolute Gasteiger partial charge is 0.326 e. The monoisotopic (exact) mass is 290 g/mol. The van der Waals surface area contributed by atoms with Crippen LogP contribution in [0.15, 0.2) is 29.1 Å². The molecule has 0 bridgehead atoms. The molecule has 0 unspecified atom stereocenters. The van der Waals surface area contributed by atoms with Crippen LogP contribution in [0.3, 0.4) is 0 Å². The second kappa shape index (κ2) is 6.58. The van der Waals surface area contributed by atoms with Gasteiger partial charge in [0.15, 0.2) is 0 Å². The summed E-state index contributed by atoms with van der Waals surface area (Å²) in [6.07, 6.45) is 0.652. The quantitative estimate of drug-likeness (QED) is 0.735. The number of hydrogen-bond acceptors (Lipinski definition) is 3. The number of carbonyl (C=O) groups is 1. The molecule has 0 aliphatic heterocycles. The number of rotatable bonds is 6. The number of nitrogens with two attached hydrogens (primary N) is 1. The van der Waals surface area contributed by atoms with Gasteiger partial charge in [-0.1, -0.05) is 26.0 Å². The standard InChI is InChI=1S/C15H22N4O2/c1-10(2)9-11(16)14(20)17-7-8-19-13-6-4-3-5-12(13)18-15(19)21/h3-6,10-11H,7-9,16H2,1-2H3,(H,17,20)(H,18,21)/t11-/m0/s1. The number of aromatic amines is 1. The van der Waals surface area contributed by atoms with Gasteiger partial charge in [-0.05, 0) is 24.5 Å². The zero-order valence-corrected chi connectivity index (χ0v) is 12.4. The van der Waals surface area contributed by atoms with Crippen molar-refractivity contribution in [2.75, 3.05) is 6.54 Å². The minimum Gasteiger partial charge on any atom is -0.353 e. The number of carbonyl (C=O) groups excluding carboxylic acids is 1. The molecular weight excluding hydrogens is 268 g/mol. The van der Waals surface area contributed by atoms with E-state index in [2.05, 4.69) is 10.3 Å². The second-order valence-electron chi connectivity index (χ2n) is 5.63. The largest absolute Gasteiger partial charge is 0.353 e. The van der Waals surface area contributed by atoms with Crippen molar-refractivity contribution in [3.63, 3.8) is 0 Å². The number of hydrogen-bond donors (Lipinski definition) is 3. The summed E-state index contributed by atoms with van der Waals surface area (Å²) in [5.41, 5.74) is 7.27. The summed E-state index contributed by atoms with van der Waals surface area (Å²) in [5.74, 6) is 0.207. The van der Waals surface area contributed by atoms with Gasteiger partial charge in [-0.25, -0.2) is 4.79 Å². The molecule has 4 N–H and O–H groups in total. The number of para-hydroxylation sites is 2.